The van der Waals surface area contributed by atoms with E-state index in [9.17, 15) is 4.79 Å². The molecule has 0 aromatic carbocycles. The maximum absolute atomic E-state index is 12.1. The molecule has 0 bridgehead atoms. The van der Waals surface area contributed by atoms with Gasteiger partial charge in [-0.05, 0) is 19.1 Å². The van der Waals surface area contributed by atoms with Crippen LogP contribution in [0.5, 0.6) is 0 Å². The molecule has 5 nitrogen and oxygen atoms in total. The maximum atomic E-state index is 12.1. The Hall–Kier alpha value is -1.95. The molecule has 0 aliphatic heterocycles. The summed E-state index contributed by atoms with van der Waals surface area (Å²) in [7, 11) is 1.74. The molecule has 0 atom stereocenters. The minimum absolute atomic E-state index is 0.143. The van der Waals surface area contributed by atoms with Gasteiger partial charge in [-0.2, -0.15) is 0 Å². The first-order valence-corrected chi connectivity index (χ1v) is 6.32. The van der Waals surface area contributed by atoms with Crippen LogP contribution < -0.4 is 5.73 Å². The van der Waals surface area contributed by atoms with Crippen LogP contribution in [0.15, 0.2) is 23.8 Å². The van der Waals surface area contributed by atoms with Crippen LogP contribution in [0.3, 0.4) is 0 Å². The fourth-order valence-corrected chi connectivity index (χ4v) is 2.35. The first-order chi connectivity index (χ1) is 8.58. The number of carbonyl (C=O) groups excluding carboxylic acids is 1. The lowest BCUT2D eigenvalue weighted by Gasteiger charge is -2.16. The van der Waals surface area contributed by atoms with Crippen LogP contribution in [-0.2, 0) is 6.54 Å². The van der Waals surface area contributed by atoms with Gasteiger partial charge in [-0.25, -0.2) is 4.98 Å². The van der Waals surface area contributed by atoms with E-state index < -0.39 is 0 Å². The van der Waals surface area contributed by atoms with Crippen molar-refractivity contribution < 1.29 is 4.79 Å². The first kappa shape index (κ1) is 12.5. The topological polar surface area (TPSA) is 72.1 Å². The average Bonchev–Trinajstić information content (AvgIpc) is 2.74. The summed E-state index contributed by atoms with van der Waals surface area (Å²) in [5.41, 5.74) is 9.27. The summed E-state index contributed by atoms with van der Waals surface area (Å²) in [6, 6.07) is 3.24. The van der Waals surface area contributed by atoms with Gasteiger partial charge in [-0.1, -0.05) is 0 Å². The second-order valence-corrected chi connectivity index (χ2v) is 4.94. The van der Waals surface area contributed by atoms with Gasteiger partial charge in [0.15, 0.2) is 0 Å². The van der Waals surface area contributed by atoms with Crippen molar-refractivity contribution in [2.45, 2.75) is 13.5 Å². The molecule has 0 fully saturated rings. The molecule has 1 amide bonds. The molecule has 18 heavy (non-hydrogen) atoms. The van der Waals surface area contributed by atoms with Crippen LogP contribution in [0, 0.1) is 6.92 Å². The third-order valence-electron chi connectivity index (χ3n) is 2.58. The zero-order chi connectivity index (χ0) is 13.1. The van der Waals surface area contributed by atoms with E-state index in [0.29, 0.717) is 17.9 Å². The molecule has 2 N–H and O–H groups in total. The van der Waals surface area contributed by atoms with E-state index >= 15 is 0 Å². The van der Waals surface area contributed by atoms with Gasteiger partial charge in [-0.3, -0.25) is 9.78 Å². The monoisotopic (exact) mass is 262 g/mol. The van der Waals surface area contributed by atoms with Crippen molar-refractivity contribution >= 4 is 22.9 Å². The number of pyridine rings is 1. The quantitative estimate of drug-likeness (QED) is 0.913. The second kappa shape index (κ2) is 5.14. The van der Waals surface area contributed by atoms with E-state index in [1.807, 2.05) is 6.92 Å². The van der Waals surface area contributed by atoms with Gasteiger partial charge in [0.05, 0.1) is 17.7 Å². The molecule has 0 unspecified atom stereocenters. The molecular formula is C12H14N4OS. The average molecular weight is 262 g/mol. The predicted molar refractivity (Wildman–Crippen MR) is 71.3 cm³/mol. The van der Waals surface area contributed by atoms with E-state index in [0.717, 1.165) is 10.6 Å². The van der Waals surface area contributed by atoms with Crippen LogP contribution in [-0.4, -0.2) is 27.8 Å². The molecule has 0 radical (unpaired) electrons. The van der Waals surface area contributed by atoms with Gasteiger partial charge >= 0.3 is 0 Å². The van der Waals surface area contributed by atoms with Crippen LogP contribution >= 0.6 is 11.3 Å². The Morgan fingerprint density at radius 3 is 2.89 bits per heavy atom. The standard InChI is InChI=1S/C12H14N4OS/c1-8-11(18-7-15-8)6-16(2)12(17)10-5-9(13)3-4-14-10/h3-5,7H,6H2,1-2H3,(H2,13,14). The van der Waals surface area contributed by atoms with Gasteiger partial charge in [0.25, 0.3) is 5.91 Å². The van der Waals surface area contributed by atoms with E-state index in [-0.39, 0.29) is 5.91 Å². The smallest absolute Gasteiger partial charge is 0.272 e. The zero-order valence-corrected chi connectivity index (χ0v) is 11.1. The van der Waals surface area contributed by atoms with E-state index in [4.69, 9.17) is 5.73 Å². The highest BCUT2D eigenvalue weighted by Crippen LogP contribution is 2.15. The number of nitrogens with two attached hydrogens (primary N) is 1. The van der Waals surface area contributed by atoms with Crippen molar-refractivity contribution in [3.05, 3.63) is 40.1 Å². The summed E-state index contributed by atoms with van der Waals surface area (Å²) in [6.45, 7) is 2.47. The lowest BCUT2D eigenvalue weighted by Crippen LogP contribution is -2.27. The summed E-state index contributed by atoms with van der Waals surface area (Å²) in [4.78, 5) is 23.0. The zero-order valence-electron chi connectivity index (χ0n) is 10.3. The summed E-state index contributed by atoms with van der Waals surface area (Å²) in [6.07, 6.45) is 1.54. The molecule has 2 aromatic heterocycles. The number of aromatic nitrogens is 2. The van der Waals surface area contributed by atoms with Gasteiger partial charge in [0.2, 0.25) is 0 Å². The number of aryl methyl sites for hydroxylation is 1. The third kappa shape index (κ3) is 2.65. The van der Waals surface area contributed by atoms with Crippen molar-refractivity contribution in [2.24, 2.45) is 0 Å². The molecule has 94 valence electrons. The molecule has 6 heteroatoms. The van der Waals surface area contributed by atoms with Crippen LogP contribution in [0.2, 0.25) is 0 Å². The summed E-state index contributed by atoms with van der Waals surface area (Å²) in [5.74, 6) is -0.143. The fraction of sp³-hybridized carbons (Fsp3) is 0.250. The molecule has 0 saturated carbocycles. The normalized spacial score (nSPS) is 10.3. The van der Waals surface area contributed by atoms with Crippen LogP contribution in [0.25, 0.3) is 0 Å². The summed E-state index contributed by atoms with van der Waals surface area (Å²) >= 11 is 1.54. The molecule has 0 aliphatic carbocycles. The highest BCUT2D eigenvalue weighted by molar-refractivity contribution is 7.09. The highest BCUT2D eigenvalue weighted by Gasteiger charge is 2.15. The third-order valence-corrected chi connectivity index (χ3v) is 3.50. The number of hydrogen-bond acceptors (Lipinski definition) is 5. The molecular weight excluding hydrogens is 248 g/mol. The number of nitrogen functional groups attached to an aromatic ring is 1. The number of nitrogens with zero attached hydrogens (tertiary/aromatic N) is 3. The van der Waals surface area contributed by atoms with Gasteiger partial charge in [0.1, 0.15) is 5.69 Å². The lowest BCUT2D eigenvalue weighted by molar-refractivity contribution is 0.0780. The van der Waals surface area contributed by atoms with E-state index in [1.165, 1.54) is 6.20 Å². The number of thiazole rings is 1. The largest absolute Gasteiger partial charge is 0.399 e. The second-order valence-electron chi connectivity index (χ2n) is 4.00. The Morgan fingerprint density at radius 1 is 1.50 bits per heavy atom. The number of amides is 1. The number of anilines is 1. The summed E-state index contributed by atoms with van der Waals surface area (Å²) < 4.78 is 0. The Morgan fingerprint density at radius 2 is 2.28 bits per heavy atom. The van der Waals surface area contributed by atoms with Crippen molar-refractivity contribution in [1.82, 2.24) is 14.9 Å². The number of rotatable bonds is 3. The Bertz CT molecular complexity index is 567. The Labute approximate surface area is 109 Å². The SMILES string of the molecule is Cc1ncsc1CN(C)C(=O)c1cc(N)ccn1. The van der Waals surface area contributed by atoms with Gasteiger partial charge < -0.3 is 10.6 Å². The first-order valence-electron chi connectivity index (χ1n) is 5.44. The van der Waals surface area contributed by atoms with E-state index in [2.05, 4.69) is 9.97 Å². The maximum Gasteiger partial charge on any atom is 0.272 e. The minimum Gasteiger partial charge on any atom is -0.399 e. The Kier molecular flexibility index (Phi) is 3.57. The van der Waals surface area contributed by atoms with E-state index in [1.54, 1.807) is 40.9 Å². The number of hydrogen-bond donors (Lipinski definition) is 1. The summed E-state index contributed by atoms with van der Waals surface area (Å²) in [5, 5.41) is 0. The molecule has 0 spiro atoms. The molecule has 2 rings (SSSR count). The molecule has 2 heterocycles. The molecule has 2 aromatic rings. The van der Waals surface area contributed by atoms with Crippen molar-refractivity contribution in [3.63, 3.8) is 0 Å². The van der Waals surface area contributed by atoms with Crippen LogP contribution in [0.1, 0.15) is 21.1 Å². The molecule has 0 aliphatic rings. The van der Waals surface area contributed by atoms with Gasteiger partial charge in [0, 0.05) is 23.8 Å². The lowest BCUT2D eigenvalue weighted by atomic mass is 10.3. The Balaban J connectivity index is 2.12. The predicted octanol–water partition coefficient (Wildman–Crippen LogP) is 1.70. The molecule has 0 saturated heterocycles. The van der Waals surface area contributed by atoms with Crippen molar-refractivity contribution in [1.29, 1.82) is 0 Å². The minimum atomic E-state index is -0.143. The highest BCUT2D eigenvalue weighted by atomic mass is 32.1. The van der Waals surface area contributed by atoms with Gasteiger partial charge in [-0.15, -0.1) is 11.3 Å². The fourth-order valence-electron chi connectivity index (χ4n) is 1.52. The van der Waals surface area contributed by atoms with Crippen LogP contribution in [0.4, 0.5) is 5.69 Å². The van der Waals surface area contributed by atoms with Crippen molar-refractivity contribution in [3.8, 4) is 0 Å². The van der Waals surface area contributed by atoms with Crippen molar-refractivity contribution in [2.75, 3.05) is 12.8 Å². The number of carbonyl (C=O) groups is 1.